The Morgan fingerprint density at radius 1 is 1.26 bits per heavy atom. The summed E-state index contributed by atoms with van der Waals surface area (Å²) in [6.45, 7) is 0. The number of rotatable bonds is 4. The Kier molecular flexibility index (Phi) is 3.80. The minimum Gasteiger partial charge on any atom is -0.481 e. The van der Waals surface area contributed by atoms with Gasteiger partial charge in [0.05, 0.1) is 16.9 Å². The van der Waals surface area contributed by atoms with Crippen LogP contribution in [0.1, 0.15) is 19.3 Å². The summed E-state index contributed by atoms with van der Waals surface area (Å²) in [6.07, 6.45) is 1.49. The van der Waals surface area contributed by atoms with Crippen LogP contribution in [0.2, 0.25) is 0 Å². The molecule has 0 bridgehead atoms. The van der Waals surface area contributed by atoms with Crippen LogP contribution >= 0.6 is 0 Å². The Hall–Kier alpha value is -1.56. The average Bonchev–Trinajstić information content (AvgIpc) is 2.89. The summed E-state index contributed by atoms with van der Waals surface area (Å²) >= 11 is 0. The Bertz CT molecular complexity index is 555. The van der Waals surface area contributed by atoms with Crippen molar-refractivity contribution in [1.82, 2.24) is 0 Å². The molecule has 0 aliphatic heterocycles. The lowest BCUT2D eigenvalue weighted by molar-refractivity contribution is -0.141. The van der Waals surface area contributed by atoms with Crippen LogP contribution in [0.4, 0.5) is 5.69 Å². The number of hydrogen-bond acceptors (Lipinski definition) is 3. The summed E-state index contributed by atoms with van der Waals surface area (Å²) in [6, 6.07) is 8.71. The van der Waals surface area contributed by atoms with Gasteiger partial charge < -0.3 is 5.11 Å². The van der Waals surface area contributed by atoms with Gasteiger partial charge in [-0.05, 0) is 25.0 Å². The molecule has 1 aromatic rings. The summed E-state index contributed by atoms with van der Waals surface area (Å²) in [5, 5.41) is 8.29. The van der Waals surface area contributed by atoms with Crippen molar-refractivity contribution in [2.45, 2.75) is 24.5 Å². The molecule has 6 heteroatoms. The Labute approximate surface area is 112 Å². The Morgan fingerprint density at radius 2 is 1.89 bits per heavy atom. The lowest BCUT2D eigenvalue weighted by Crippen LogP contribution is -2.40. The summed E-state index contributed by atoms with van der Waals surface area (Å²) in [4.78, 5) is 11.1. The van der Waals surface area contributed by atoms with E-state index < -0.39 is 27.2 Å². The number of sulfonamides is 1. The lowest BCUT2D eigenvalue weighted by atomic mass is 10.1. The van der Waals surface area contributed by atoms with Crippen LogP contribution in [0, 0.1) is 5.92 Å². The summed E-state index contributed by atoms with van der Waals surface area (Å²) in [5.74, 6) is -1.82. The molecule has 0 aromatic heterocycles. The number of aliphatic carboxylic acids is 1. The molecule has 1 fully saturated rings. The van der Waals surface area contributed by atoms with Gasteiger partial charge >= 0.3 is 5.97 Å². The number of carboxylic acid groups (broad SMARTS) is 1. The third kappa shape index (κ3) is 2.58. The number of anilines is 1. The zero-order chi connectivity index (χ0) is 14.0. The fourth-order valence-electron chi connectivity index (χ4n) is 2.55. The van der Waals surface area contributed by atoms with Crippen molar-refractivity contribution in [3.63, 3.8) is 0 Å². The molecule has 5 nitrogen and oxygen atoms in total. The van der Waals surface area contributed by atoms with Gasteiger partial charge in [-0.1, -0.05) is 24.6 Å². The highest BCUT2D eigenvalue weighted by atomic mass is 32.2. The van der Waals surface area contributed by atoms with E-state index >= 15 is 0 Å². The van der Waals surface area contributed by atoms with Gasteiger partial charge in [-0.25, -0.2) is 8.42 Å². The molecule has 1 aromatic carbocycles. The number of carboxylic acids is 1. The number of para-hydroxylation sites is 1. The number of nitrogens with zero attached hydrogens (tertiary/aromatic N) is 1. The van der Waals surface area contributed by atoms with Crippen molar-refractivity contribution >= 4 is 21.7 Å². The number of carbonyl (C=O) groups is 1. The van der Waals surface area contributed by atoms with E-state index in [2.05, 4.69) is 0 Å². The summed E-state index contributed by atoms with van der Waals surface area (Å²) < 4.78 is 26.2. The molecule has 1 aliphatic carbocycles. The Balaban J connectivity index is 2.30. The first-order valence-electron chi connectivity index (χ1n) is 6.20. The topological polar surface area (TPSA) is 74.7 Å². The van der Waals surface area contributed by atoms with E-state index in [1.165, 1.54) is 11.4 Å². The van der Waals surface area contributed by atoms with Gasteiger partial charge in [0, 0.05) is 7.05 Å². The molecule has 2 rings (SSSR count). The highest BCUT2D eigenvalue weighted by molar-refractivity contribution is 7.93. The predicted octanol–water partition coefficient (Wildman–Crippen LogP) is 1.71. The average molecular weight is 283 g/mol. The van der Waals surface area contributed by atoms with Crippen molar-refractivity contribution in [2.75, 3.05) is 11.4 Å². The predicted molar refractivity (Wildman–Crippen MR) is 72.5 cm³/mol. The smallest absolute Gasteiger partial charge is 0.307 e. The second-order valence-corrected chi connectivity index (χ2v) is 6.95. The molecule has 2 atom stereocenters. The molecular formula is C13H17NO4S. The van der Waals surface area contributed by atoms with E-state index in [0.717, 1.165) is 0 Å². The van der Waals surface area contributed by atoms with Crippen LogP contribution < -0.4 is 4.31 Å². The molecule has 2 unspecified atom stereocenters. The zero-order valence-corrected chi connectivity index (χ0v) is 11.5. The van der Waals surface area contributed by atoms with E-state index in [1.807, 2.05) is 0 Å². The molecular weight excluding hydrogens is 266 g/mol. The van der Waals surface area contributed by atoms with Crippen LogP contribution in [0.3, 0.4) is 0 Å². The molecule has 0 saturated heterocycles. The van der Waals surface area contributed by atoms with Crippen molar-refractivity contribution in [2.24, 2.45) is 5.92 Å². The monoisotopic (exact) mass is 283 g/mol. The quantitative estimate of drug-likeness (QED) is 0.912. The van der Waals surface area contributed by atoms with Crippen LogP contribution in [0.5, 0.6) is 0 Å². The lowest BCUT2D eigenvalue weighted by Gasteiger charge is -2.25. The van der Waals surface area contributed by atoms with Crippen molar-refractivity contribution in [3.8, 4) is 0 Å². The maximum atomic E-state index is 12.5. The van der Waals surface area contributed by atoms with Crippen molar-refractivity contribution in [3.05, 3.63) is 30.3 Å². The minimum absolute atomic E-state index is 0.413. The van der Waals surface area contributed by atoms with E-state index in [9.17, 15) is 13.2 Å². The minimum atomic E-state index is -3.63. The van der Waals surface area contributed by atoms with Gasteiger partial charge in [-0.2, -0.15) is 0 Å². The van der Waals surface area contributed by atoms with Gasteiger partial charge in [0.15, 0.2) is 0 Å². The Morgan fingerprint density at radius 3 is 2.47 bits per heavy atom. The van der Waals surface area contributed by atoms with Gasteiger partial charge in [-0.15, -0.1) is 0 Å². The van der Waals surface area contributed by atoms with Gasteiger partial charge in [0.2, 0.25) is 10.0 Å². The second-order valence-electron chi connectivity index (χ2n) is 4.76. The van der Waals surface area contributed by atoms with Gasteiger partial charge in [0.25, 0.3) is 0 Å². The fraction of sp³-hybridized carbons (Fsp3) is 0.462. The largest absolute Gasteiger partial charge is 0.481 e. The molecule has 1 aliphatic rings. The summed E-state index contributed by atoms with van der Waals surface area (Å²) in [7, 11) is -2.16. The normalized spacial score (nSPS) is 23.2. The number of benzene rings is 1. The van der Waals surface area contributed by atoms with E-state index in [0.29, 0.717) is 24.9 Å². The zero-order valence-electron chi connectivity index (χ0n) is 10.7. The maximum absolute atomic E-state index is 12.5. The highest BCUT2D eigenvalue weighted by Crippen LogP contribution is 2.34. The third-order valence-electron chi connectivity index (χ3n) is 3.65. The van der Waals surface area contributed by atoms with E-state index in [-0.39, 0.29) is 0 Å². The molecule has 1 saturated carbocycles. The van der Waals surface area contributed by atoms with Crippen LogP contribution in [0.15, 0.2) is 30.3 Å². The molecule has 0 heterocycles. The first kappa shape index (κ1) is 13.9. The molecule has 1 N–H and O–H groups in total. The van der Waals surface area contributed by atoms with Gasteiger partial charge in [0.1, 0.15) is 0 Å². The first-order valence-corrected chi connectivity index (χ1v) is 7.70. The SMILES string of the molecule is CN(c1ccccc1)S(=O)(=O)C1CCCC1C(=O)O. The van der Waals surface area contributed by atoms with E-state index in [1.54, 1.807) is 30.3 Å². The maximum Gasteiger partial charge on any atom is 0.307 e. The standard InChI is InChI=1S/C13H17NO4S/c1-14(10-6-3-2-4-7-10)19(17,18)12-9-5-8-11(12)13(15)16/h2-4,6-7,11-12H,5,8-9H2,1H3,(H,15,16). The molecule has 104 valence electrons. The second kappa shape index (κ2) is 5.21. The van der Waals surface area contributed by atoms with Gasteiger partial charge in [-0.3, -0.25) is 9.10 Å². The number of hydrogen-bond donors (Lipinski definition) is 1. The van der Waals surface area contributed by atoms with Crippen LogP contribution in [-0.2, 0) is 14.8 Å². The molecule has 0 amide bonds. The molecule has 0 radical (unpaired) electrons. The van der Waals surface area contributed by atoms with E-state index in [4.69, 9.17) is 5.11 Å². The fourth-order valence-corrected chi connectivity index (χ4v) is 4.51. The third-order valence-corrected chi connectivity index (χ3v) is 5.96. The molecule has 0 spiro atoms. The van der Waals surface area contributed by atoms with Crippen molar-refractivity contribution in [1.29, 1.82) is 0 Å². The summed E-state index contributed by atoms with van der Waals surface area (Å²) in [5.41, 5.74) is 0.554. The first-order chi connectivity index (χ1) is 8.94. The van der Waals surface area contributed by atoms with Crippen molar-refractivity contribution < 1.29 is 18.3 Å². The van der Waals surface area contributed by atoms with Crippen LogP contribution in [-0.4, -0.2) is 31.8 Å². The van der Waals surface area contributed by atoms with Crippen LogP contribution in [0.25, 0.3) is 0 Å². The molecule has 19 heavy (non-hydrogen) atoms. The highest BCUT2D eigenvalue weighted by Gasteiger charge is 2.43.